The van der Waals surface area contributed by atoms with Crippen LogP contribution in [0.25, 0.3) is 0 Å². The average molecular weight is 305 g/mol. The van der Waals surface area contributed by atoms with Crippen LogP contribution in [0.1, 0.15) is 19.4 Å². The molecule has 0 aliphatic rings. The maximum Gasteiger partial charge on any atom is 0.143 e. The van der Waals surface area contributed by atoms with Gasteiger partial charge in [0.15, 0.2) is 0 Å². The van der Waals surface area contributed by atoms with E-state index in [1.807, 2.05) is 24.4 Å². The first-order chi connectivity index (χ1) is 8.68. The third-order valence-corrected chi connectivity index (χ3v) is 3.45. The largest absolute Gasteiger partial charge is 0.349 e. The van der Waals surface area contributed by atoms with Gasteiger partial charge in [-0.05, 0) is 47.5 Å². The molecular formula is C15H17BrN2. The van der Waals surface area contributed by atoms with Gasteiger partial charge in [0.25, 0.3) is 0 Å². The van der Waals surface area contributed by atoms with Gasteiger partial charge in [-0.3, -0.25) is 0 Å². The van der Waals surface area contributed by atoms with Crippen molar-refractivity contribution >= 4 is 21.7 Å². The Labute approximate surface area is 117 Å². The SMILES string of the molecule is CC(C)N(Cc1ccccc1)c1ncccc1Br. The minimum atomic E-state index is 0.399. The van der Waals surface area contributed by atoms with Crippen LogP contribution in [0, 0.1) is 0 Å². The van der Waals surface area contributed by atoms with Crippen LogP contribution in [0.2, 0.25) is 0 Å². The van der Waals surface area contributed by atoms with Crippen LogP contribution < -0.4 is 4.90 Å². The van der Waals surface area contributed by atoms with Crippen molar-refractivity contribution in [2.24, 2.45) is 0 Å². The predicted molar refractivity (Wildman–Crippen MR) is 79.7 cm³/mol. The van der Waals surface area contributed by atoms with Crippen molar-refractivity contribution in [1.82, 2.24) is 4.98 Å². The number of hydrogen-bond acceptors (Lipinski definition) is 2. The van der Waals surface area contributed by atoms with Crippen LogP contribution in [0.3, 0.4) is 0 Å². The molecule has 2 rings (SSSR count). The molecule has 0 saturated carbocycles. The molecule has 2 aromatic rings. The summed E-state index contributed by atoms with van der Waals surface area (Å²) < 4.78 is 1.04. The van der Waals surface area contributed by atoms with Gasteiger partial charge in [-0.2, -0.15) is 0 Å². The monoisotopic (exact) mass is 304 g/mol. The number of benzene rings is 1. The number of pyridine rings is 1. The average Bonchev–Trinajstić information content (AvgIpc) is 2.38. The summed E-state index contributed by atoms with van der Waals surface area (Å²) in [4.78, 5) is 6.77. The summed E-state index contributed by atoms with van der Waals surface area (Å²) in [6, 6.07) is 14.8. The fraction of sp³-hybridized carbons (Fsp3) is 0.267. The van der Waals surface area contributed by atoms with Crippen LogP contribution in [0.4, 0.5) is 5.82 Å². The second kappa shape index (κ2) is 6.01. The van der Waals surface area contributed by atoms with Crippen LogP contribution >= 0.6 is 15.9 Å². The molecule has 0 atom stereocenters. The van der Waals surface area contributed by atoms with Crippen LogP contribution in [0.15, 0.2) is 53.1 Å². The molecule has 0 spiro atoms. The summed E-state index contributed by atoms with van der Waals surface area (Å²) in [6.45, 7) is 5.24. The Hall–Kier alpha value is -1.35. The maximum atomic E-state index is 4.48. The highest BCUT2D eigenvalue weighted by molar-refractivity contribution is 9.10. The Kier molecular flexibility index (Phi) is 4.37. The number of halogens is 1. The molecule has 18 heavy (non-hydrogen) atoms. The smallest absolute Gasteiger partial charge is 0.143 e. The maximum absolute atomic E-state index is 4.48. The molecular weight excluding hydrogens is 288 g/mol. The van der Waals surface area contributed by atoms with Gasteiger partial charge in [0.2, 0.25) is 0 Å². The van der Waals surface area contributed by atoms with E-state index in [2.05, 4.69) is 63.9 Å². The molecule has 0 fully saturated rings. The molecule has 0 unspecified atom stereocenters. The highest BCUT2D eigenvalue weighted by Gasteiger charge is 2.14. The van der Waals surface area contributed by atoms with E-state index in [-0.39, 0.29) is 0 Å². The van der Waals surface area contributed by atoms with Crippen molar-refractivity contribution in [1.29, 1.82) is 0 Å². The van der Waals surface area contributed by atoms with Crippen LogP contribution in [-0.2, 0) is 6.54 Å². The van der Waals surface area contributed by atoms with Crippen LogP contribution in [0.5, 0.6) is 0 Å². The van der Waals surface area contributed by atoms with E-state index in [0.29, 0.717) is 6.04 Å². The molecule has 0 N–H and O–H groups in total. The zero-order chi connectivity index (χ0) is 13.0. The number of nitrogens with zero attached hydrogens (tertiary/aromatic N) is 2. The van der Waals surface area contributed by atoms with E-state index in [1.165, 1.54) is 5.56 Å². The van der Waals surface area contributed by atoms with Crippen molar-refractivity contribution in [3.63, 3.8) is 0 Å². The van der Waals surface area contributed by atoms with Gasteiger partial charge in [-0.25, -0.2) is 4.98 Å². The summed E-state index contributed by atoms with van der Waals surface area (Å²) in [5.74, 6) is 0.997. The zero-order valence-electron chi connectivity index (χ0n) is 10.7. The second-order valence-corrected chi connectivity index (χ2v) is 5.37. The minimum absolute atomic E-state index is 0.399. The molecule has 2 nitrogen and oxygen atoms in total. The lowest BCUT2D eigenvalue weighted by atomic mass is 10.2. The Morgan fingerprint density at radius 2 is 1.83 bits per heavy atom. The topological polar surface area (TPSA) is 16.1 Å². The molecule has 0 bridgehead atoms. The van der Waals surface area contributed by atoms with Gasteiger partial charge in [0, 0.05) is 18.8 Å². The number of aromatic nitrogens is 1. The number of hydrogen-bond donors (Lipinski definition) is 0. The van der Waals surface area contributed by atoms with Crippen molar-refractivity contribution in [3.8, 4) is 0 Å². The zero-order valence-corrected chi connectivity index (χ0v) is 12.3. The third kappa shape index (κ3) is 3.10. The molecule has 1 aromatic heterocycles. The van der Waals surface area contributed by atoms with E-state index in [9.17, 15) is 0 Å². The standard InChI is InChI=1S/C15H17BrN2/c1-12(2)18(11-13-7-4-3-5-8-13)15-14(16)9-6-10-17-15/h3-10,12H,11H2,1-2H3. The van der Waals surface area contributed by atoms with E-state index >= 15 is 0 Å². The summed E-state index contributed by atoms with van der Waals surface area (Å²) in [5.41, 5.74) is 1.30. The third-order valence-electron chi connectivity index (χ3n) is 2.83. The Balaban J connectivity index is 2.27. The number of anilines is 1. The summed E-state index contributed by atoms with van der Waals surface area (Å²) in [5, 5.41) is 0. The first-order valence-electron chi connectivity index (χ1n) is 6.09. The lowest BCUT2D eigenvalue weighted by molar-refractivity contribution is 0.671. The molecule has 0 aliphatic carbocycles. The first kappa shape index (κ1) is 13.1. The molecule has 1 aromatic carbocycles. The summed E-state index contributed by atoms with van der Waals surface area (Å²) in [7, 11) is 0. The van der Waals surface area contributed by atoms with E-state index in [1.54, 1.807) is 0 Å². The minimum Gasteiger partial charge on any atom is -0.349 e. The summed E-state index contributed by atoms with van der Waals surface area (Å²) >= 11 is 3.57. The van der Waals surface area contributed by atoms with Crippen LogP contribution in [-0.4, -0.2) is 11.0 Å². The molecule has 0 amide bonds. The van der Waals surface area contributed by atoms with Crippen molar-refractivity contribution in [3.05, 3.63) is 58.7 Å². The normalized spacial score (nSPS) is 10.7. The van der Waals surface area contributed by atoms with E-state index in [4.69, 9.17) is 0 Å². The quantitative estimate of drug-likeness (QED) is 0.839. The number of rotatable bonds is 4. The molecule has 94 valence electrons. The highest BCUT2D eigenvalue weighted by Crippen LogP contribution is 2.26. The first-order valence-corrected chi connectivity index (χ1v) is 6.89. The van der Waals surface area contributed by atoms with E-state index in [0.717, 1.165) is 16.8 Å². The van der Waals surface area contributed by atoms with Gasteiger partial charge < -0.3 is 4.90 Å². The van der Waals surface area contributed by atoms with Gasteiger partial charge in [-0.15, -0.1) is 0 Å². The Bertz CT molecular complexity index is 497. The highest BCUT2D eigenvalue weighted by atomic mass is 79.9. The van der Waals surface area contributed by atoms with Gasteiger partial charge in [0.1, 0.15) is 5.82 Å². The van der Waals surface area contributed by atoms with Gasteiger partial charge in [0.05, 0.1) is 4.47 Å². The molecule has 1 heterocycles. The molecule has 0 saturated heterocycles. The Morgan fingerprint density at radius 3 is 2.44 bits per heavy atom. The molecule has 3 heteroatoms. The van der Waals surface area contributed by atoms with Crippen molar-refractivity contribution in [2.75, 3.05) is 4.90 Å². The van der Waals surface area contributed by atoms with Gasteiger partial charge >= 0.3 is 0 Å². The molecule has 0 radical (unpaired) electrons. The Morgan fingerprint density at radius 1 is 1.11 bits per heavy atom. The molecule has 0 aliphatic heterocycles. The lowest BCUT2D eigenvalue weighted by Crippen LogP contribution is -2.31. The van der Waals surface area contributed by atoms with Gasteiger partial charge in [-0.1, -0.05) is 30.3 Å². The van der Waals surface area contributed by atoms with Crippen molar-refractivity contribution in [2.45, 2.75) is 26.4 Å². The predicted octanol–water partition coefficient (Wildman–Crippen LogP) is 4.26. The summed E-state index contributed by atoms with van der Waals surface area (Å²) in [6.07, 6.45) is 1.83. The lowest BCUT2D eigenvalue weighted by Gasteiger charge is -2.28. The van der Waals surface area contributed by atoms with Crippen molar-refractivity contribution < 1.29 is 0 Å². The fourth-order valence-corrected chi connectivity index (χ4v) is 2.35. The van der Waals surface area contributed by atoms with E-state index < -0.39 is 0 Å². The fourth-order valence-electron chi connectivity index (χ4n) is 1.87. The second-order valence-electron chi connectivity index (χ2n) is 4.52.